The van der Waals surface area contributed by atoms with Crippen molar-refractivity contribution in [2.75, 3.05) is 26.2 Å². The number of hydrogen-bond donors (Lipinski definition) is 0. The van der Waals surface area contributed by atoms with Gasteiger partial charge in [-0.15, -0.1) is 11.3 Å². The first-order chi connectivity index (χ1) is 16.1. The molecule has 2 amide bonds. The number of para-hydroxylation sites is 1. The molecule has 3 aromatic rings. The predicted molar refractivity (Wildman–Crippen MR) is 132 cm³/mol. The summed E-state index contributed by atoms with van der Waals surface area (Å²) in [6.45, 7) is 5.26. The van der Waals surface area contributed by atoms with Crippen LogP contribution < -0.4 is 4.74 Å². The highest BCUT2D eigenvalue weighted by Crippen LogP contribution is 2.39. The Morgan fingerprint density at radius 2 is 1.82 bits per heavy atom. The van der Waals surface area contributed by atoms with Gasteiger partial charge in [-0.1, -0.05) is 49.4 Å². The fourth-order valence-corrected chi connectivity index (χ4v) is 5.29. The van der Waals surface area contributed by atoms with Crippen molar-refractivity contribution in [1.82, 2.24) is 9.80 Å². The fourth-order valence-electron chi connectivity index (χ4n) is 4.38. The van der Waals surface area contributed by atoms with Gasteiger partial charge in [0.05, 0.1) is 12.6 Å². The molecule has 0 aliphatic carbocycles. The van der Waals surface area contributed by atoms with Crippen LogP contribution in [0.15, 0.2) is 66.0 Å². The molecule has 2 aromatic carbocycles. The minimum Gasteiger partial charge on any atom is -0.484 e. The van der Waals surface area contributed by atoms with Crippen molar-refractivity contribution in [3.63, 3.8) is 0 Å². The molecule has 0 fully saturated rings. The van der Waals surface area contributed by atoms with Gasteiger partial charge in [0.15, 0.2) is 6.61 Å². The van der Waals surface area contributed by atoms with Gasteiger partial charge < -0.3 is 14.5 Å². The maximum atomic E-state index is 13.6. The molecule has 0 spiro atoms. The standard InChI is InChI=1S/C27H30N2O3S/c1-3-15-28(26(31)19-32-21-10-5-4-6-11-21)18-25(30)29-16-13-24-23(14-17-33-24)27(29)22-12-8-7-9-20(22)2/h4-12,14,17,27H,3,13,15-16,18-19H2,1-2H3. The van der Waals surface area contributed by atoms with Crippen molar-refractivity contribution in [1.29, 1.82) is 0 Å². The molecule has 1 aromatic heterocycles. The number of fused-ring (bicyclic) bond motifs is 1. The lowest BCUT2D eigenvalue weighted by atomic mass is 9.90. The smallest absolute Gasteiger partial charge is 0.260 e. The quantitative estimate of drug-likeness (QED) is 0.481. The number of thiophene rings is 1. The molecular formula is C27H30N2O3S. The third kappa shape index (κ3) is 5.28. The van der Waals surface area contributed by atoms with Crippen LogP contribution in [-0.4, -0.2) is 47.9 Å². The second-order valence-electron chi connectivity index (χ2n) is 8.31. The van der Waals surface area contributed by atoms with E-state index in [-0.39, 0.29) is 31.0 Å². The number of benzene rings is 2. The van der Waals surface area contributed by atoms with Crippen LogP contribution in [0.5, 0.6) is 5.75 Å². The Morgan fingerprint density at radius 3 is 2.58 bits per heavy atom. The Bertz CT molecular complexity index is 1100. The Kier molecular flexibility index (Phi) is 7.45. The van der Waals surface area contributed by atoms with Crippen LogP contribution in [-0.2, 0) is 16.0 Å². The summed E-state index contributed by atoms with van der Waals surface area (Å²) >= 11 is 1.76. The number of ether oxygens (including phenoxy) is 1. The molecule has 0 N–H and O–H groups in total. The van der Waals surface area contributed by atoms with E-state index in [9.17, 15) is 9.59 Å². The number of aryl methyl sites for hydroxylation is 1. The van der Waals surface area contributed by atoms with E-state index in [1.807, 2.05) is 54.3 Å². The first-order valence-electron chi connectivity index (χ1n) is 11.5. The van der Waals surface area contributed by atoms with E-state index >= 15 is 0 Å². The third-order valence-electron chi connectivity index (χ3n) is 6.05. The number of nitrogens with zero attached hydrogens (tertiary/aromatic N) is 2. The summed E-state index contributed by atoms with van der Waals surface area (Å²) < 4.78 is 5.65. The van der Waals surface area contributed by atoms with Crippen molar-refractivity contribution in [3.05, 3.63) is 87.6 Å². The van der Waals surface area contributed by atoms with E-state index in [1.165, 1.54) is 10.4 Å². The van der Waals surface area contributed by atoms with E-state index in [4.69, 9.17) is 4.74 Å². The van der Waals surface area contributed by atoms with E-state index < -0.39 is 0 Å². The summed E-state index contributed by atoms with van der Waals surface area (Å²) in [6, 6.07) is 19.6. The Morgan fingerprint density at radius 1 is 1.06 bits per heavy atom. The van der Waals surface area contributed by atoms with Gasteiger partial charge >= 0.3 is 0 Å². The molecule has 1 unspecified atom stereocenters. The van der Waals surface area contributed by atoms with Gasteiger partial charge in [0.25, 0.3) is 5.91 Å². The van der Waals surface area contributed by atoms with Crippen LogP contribution >= 0.6 is 11.3 Å². The SMILES string of the molecule is CCCN(CC(=O)N1CCc2sccc2C1c1ccccc1C)C(=O)COc1ccccc1. The highest BCUT2D eigenvalue weighted by atomic mass is 32.1. The second-order valence-corrected chi connectivity index (χ2v) is 9.31. The number of carbonyl (C=O) groups is 2. The van der Waals surface area contributed by atoms with E-state index in [0.29, 0.717) is 18.8 Å². The van der Waals surface area contributed by atoms with Gasteiger partial charge in [-0.3, -0.25) is 9.59 Å². The summed E-state index contributed by atoms with van der Waals surface area (Å²) in [7, 11) is 0. The Balaban J connectivity index is 1.52. The summed E-state index contributed by atoms with van der Waals surface area (Å²) in [6.07, 6.45) is 1.63. The molecule has 4 rings (SSSR count). The topological polar surface area (TPSA) is 49.9 Å². The predicted octanol–water partition coefficient (Wildman–Crippen LogP) is 4.85. The van der Waals surface area contributed by atoms with E-state index in [2.05, 4.69) is 30.5 Å². The Labute approximate surface area is 199 Å². The molecule has 172 valence electrons. The molecule has 33 heavy (non-hydrogen) atoms. The number of carbonyl (C=O) groups excluding carboxylic acids is 2. The number of hydrogen-bond acceptors (Lipinski definition) is 4. The molecule has 1 aliphatic rings. The average Bonchev–Trinajstić information content (AvgIpc) is 3.32. The van der Waals surface area contributed by atoms with Gasteiger partial charge in [0.2, 0.25) is 5.91 Å². The van der Waals surface area contributed by atoms with Crippen molar-refractivity contribution in [3.8, 4) is 5.75 Å². The lowest BCUT2D eigenvalue weighted by Gasteiger charge is -2.38. The van der Waals surface area contributed by atoms with Gasteiger partial charge in [-0.05, 0) is 60.0 Å². The molecular weight excluding hydrogens is 432 g/mol. The lowest BCUT2D eigenvalue weighted by molar-refractivity contribution is -0.142. The maximum Gasteiger partial charge on any atom is 0.260 e. The fraction of sp³-hybridized carbons (Fsp3) is 0.333. The highest BCUT2D eigenvalue weighted by molar-refractivity contribution is 7.10. The summed E-state index contributed by atoms with van der Waals surface area (Å²) in [5.74, 6) is 0.450. The molecule has 0 saturated carbocycles. The van der Waals surface area contributed by atoms with Crippen molar-refractivity contribution in [2.45, 2.75) is 32.7 Å². The van der Waals surface area contributed by atoms with Crippen LogP contribution in [0.1, 0.15) is 41.0 Å². The van der Waals surface area contributed by atoms with Crippen LogP contribution in [0, 0.1) is 6.92 Å². The average molecular weight is 463 g/mol. The molecule has 5 nitrogen and oxygen atoms in total. The summed E-state index contributed by atoms with van der Waals surface area (Å²) in [4.78, 5) is 31.4. The van der Waals surface area contributed by atoms with Crippen LogP contribution in [0.3, 0.4) is 0 Å². The Hall–Kier alpha value is -3.12. The maximum absolute atomic E-state index is 13.6. The molecule has 0 bridgehead atoms. The monoisotopic (exact) mass is 462 g/mol. The first kappa shape index (κ1) is 23.1. The highest BCUT2D eigenvalue weighted by Gasteiger charge is 2.34. The van der Waals surface area contributed by atoms with Gasteiger partial charge in [0, 0.05) is 18.0 Å². The van der Waals surface area contributed by atoms with Crippen molar-refractivity contribution >= 4 is 23.2 Å². The zero-order valence-corrected chi connectivity index (χ0v) is 20.0. The molecule has 1 aliphatic heterocycles. The molecule has 0 radical (unpaired) electrons. The van der Waals surface area contributed by atoms with Crippen LogP contribution in [0.2, 0.25) is 0 Å². The first-order valence-corrected chi connectivity index (χ1v) is 12.3. The van der Waals surface area contributed by atoms with Crippen LogP contribution in [0.25, 0.3) is 0 Å². The second kappa shape index (κ2) is 10.7. The zero-order chi connectivity index (χ0) is 23.2. The van der Waals surface area contributed by atoms with Gasteiger partial charge in [-0.2, -0.15) is 0 Å². The molecule has 1 atom stereocenters. The normalized spacial score (nSPS) is 15.1. The number of rotatable bonds is 8. The van der Waals surface area contributed by atoms with E-state index in [1.54, 1.807) is 16.2 Å². The van der Waals surface area contributed by atoms with Crippen molar-refractivity contribution in [2.24, 2.45) is 0 Å². The third-order valence-corrected chi connectivity index (χ3v) is 7.04. The van der Waals surface area contributed by atoms with Crippen molar-refractivity contribution < 1.29 is 14.3 Å². The lowest BCUT2D eigenvalue weighted by Crippen LogP contribution is -2.48. The molecule has 6 heteroatoms. The van der Waals surface area contributed by atoms with Gasteiger partial charge in [0.1, 0.15) is 5.75 Å². The van der Waals surface area contributed by atoms with Gasteiger partial charge in [-0.25, -0.2) is 0 Å². The molecule has 2 heterocycles. The minimum absolute atomic E-state index is 0.0263. The molecule has 0 saturated heterocycles. The van der Waals surface area contributed by atoms with Crippen LogP contribution in [0.4, 0.5) is 0 Å². The zero-order valence-electron chi connectivity index (χ0n) is 19.2. The number of amides is 2. The minimum atomic E-state index is -0.172. The summed E-state index contributed by atoms with van der Waals surface area (Å²) in [5, 5.41) is 2.11. The largest absolute Gasteiger partial charge is 0.484 e. The van der Waals surface area contributed by atoms with E-state index in [0.717, 1.165) is 24.0 Å². The summed E-state index contributed by atoms with van der Waals surface area (Å²) in [5.41, 5.74) is 3.51.